The third-order valence-electron chi connectivity index (χ3n) is 5.46. The Bertz CT molecular complexity index is 1080. The molecule has 0 saturated heterocycles. The number of para-hydroxylation sites is 1. The van der Waals surface area contributed by atoms with Crippen LogP contribution in [0.3, 0.4) is 0 Å². The molecule has 0 spiro atoms. The minimum absolute atomic E-state index is 0.0364. The van der Waals surface area contributed by atoms with E-state index in [4.69, 9.17) is 9.72 Å². The smallest absolute Gasteiger partial charge is 0.255 e. The minimum atomic E-state index is -0.0583. The molecule has 0 fully saturated rings. The highest BCUT2D eigenvalue weighted by atomic mass is 16.5. The number of nitrogens with zero attached hydrogens (tertiary/aromatic N) is 5. The highest BCUT2D eigenvalue weighted by Crippen LogP contribution is 2.33. The Labute approximate surface area is 169 Å². The summed E-state index contributed by atoms with van der Waals surface area (Å²) < 4.78 is 7.93. The van der Waals surface area contributed by atoms with E-state index in [-0.39, 0.29) is 17.1 Å². The van der Waals surface area contributed by atoms with Gasteiger partial charge in [-0.3, -0.25) is 9.36 Å². The van der Waals surface area contributed by atoms with Crippen molar-refractivity contribution in [2.24, 2.45) is 5.41 Å². The van der Waals surface area contributed by atoms with Crippen molar-refractivity contribution in [2.75, 3.05) is 18.0 Å². The molecule has 29 heavy (non-hydrogen) atoms. The molecule has 1 aromatic carbocycles. The molecule has 1 unspecified atom stereocenters. The van der Waals surface area contributed by atoms with Gasteiger partial charge in [-0.15, -0.1) is 0 Å². The van der Waals surface area contributed by atoms with Crippen LogP contribution in [0.15, 0.2) is 53.7 Å². The molecule has 7 nitrogen and oxygen atoms in total. The molecule has 0 N–H and O–H groups in total. The first-order chi connectivity index (χ1) is 14.0. The maximum atomic E-state index is 12.9. The summed E-state index contributed by atoms with van der Waals surface area (Å²) in [7, 11) is 0. The maximum Gasteiger partial charge on any atom is 0.255 e. The Morgan fingerprint density at radius 3 is 2.83 bits per heavy atom. The van der Waals surface area contributed by atoms with Crippen LogP contribution in [0, 0.1) is 5.41 Å². The van der Waals surface area contributed by atoms with Crippen LogP contribution in [0.5, 0.6) is 5.75 Å². The standard InChI is InChI=1S/C22H23N5O2/c1-22(2)12-26(11-16-9-15-5-3-4-6-19(15)29-16)21-25-18(10-20(28)27(21)13-22)17-7-8-23-14-24-17/h3-8,10,14,16H,9,11-13H2,1-2H3. The van der Waals surface area contributed by atoms with Crippen LogP contribution in [-0.2, 0) is 13.0 Å². The van der Waals surface area contributed by atoms with Crippen molar-refractivity contribution in [2.45, 2.75) is 32.9 Å². The second-order valence-electron chi connectivity index (χ2n) is 8.56. The molecule has 0 aliphatic carbocycles. The molecule has 0 radical (unpaired) electrons. The molecule has 5 rings (SSSR count). The van der Waals surface area contributed by atoms with E-state index in [0.29, 0.717) is 30.4 Å². The second kappa shape index (κ2) is 6.69. The summed E-state index contributed by atoms with van der Waals surface area (Å²) in [4.78, 5) is 28.2. The quantitative estimate of drug-likeness (QED) is 0.685. The fourth-order valence-corrected chi connectivity index (χ4v) is 4.27. The summed E-state index contributed by atoms with van der Waals surface area (Å²) in [6, 6.07) is 11.5. The lowest BCUT2D eigenvalue weighted by molar-refractivity contribution is 0.214. The molecule has 4 heterocycles. The molecular formula is C22H23N5O2. The Balaban J connectivity index is 1.51. The first-order valence-corrected chi connectivity index (χ1v) is 9.86. The summed E-state index contributed by atoms with van der Waals surface area (Å²) in [6.07, 6.45) is 4.03. The van der Waals surface area contributed by atoms with Crippen molar-refractivity contribution in [1.29, 1.82) is 0 Å². The lowest BCUT2D eigenvalue weighted by Crippen LogP contribution is -2.50. The van der Waals surface area contributed by atoms with E-state index >= 15 is 0 Å². The summed E-state index contributed by atoms with van der Waals surface area (Å²) >= 11 is 0. The molecule has 2 aliphatic heterocycles. The number of hydrogen-bond donors (Lipinski definition) is 0. The maximum absolute atomic E-state index is 12.9. The zero-order valence-electron chi connectivity index (χ0n) is 16.6. The van der Waals surface area contributed by atoms with E-state index in [1.165, 1.54) is 11.9 Å². The first kappa shape index (κ1) is 17.8. The van der Waals surface area contributed by atoms with E-state index in [9.17, 15) is 4.79 Å². The van der Waals surface area contributed by atoms with Gasteiger partial charge in [-0.05, 0) is 17.7 Å². The van der Waals surface area contributed by atoms with Gasteiger partial charge < -0.3 is 9.64 Å². The normalized spacial score (nSPS) is 19.4. The van der Waals surface area contributed by atoms with E-state index in [1.807, 2.05) is 18.2 Å². The number of anilines is 1. The van der Waals surface area contributed by atoms with Crippen molar-refractivity contribution >= 4 is 5.95 Å². The number of hydrogen-bond acceptors (Lipinski definition) is 6. The molecule has 0 amide bonds. The third-order valence-corrected chi connectivity index (χ3v) is 5.46. The van der Waals surface area contributed by atoms with Gasteiger partial charge in [-0.1, -0.05) is 32.0 Å². The fraction of sp³-hybridized carbons (Fsp3) is 0.364. The number of fused-ring (bicyclic) bond motifs is 2. The van der Waals surface area contributed by atoms with Crippen LogP contribution in [0.4, 0.5) is 5.95 Å². The molecule has 2 aliphatic rings. The average molecular weight is 389 g/mol. The highest BCUT2D eigenvalue weighted by molar-refractivity contribution is 5.55. The minimum Gasteiger partial charge on any atom is -0.488 e. The van der Waals surface area contributed by atoms with Gasteiger partial charge in [0.25, 0.3) is 5.56 Å². The zero-order valence-corrected chi connectivity index (χ0v) is 16.6. The van der Waals surface area contributed by atoms with Crippen LogP contribution >= 0.6 is 0 Å². The number of ether oxygens (including phenoxy) is 1. The summed E-state index contributed by atoms with van der Waals surface area (Å²) in [5.41, 5.74) is 2.35. The second-order valence-corrected chi connectivity index (χ2v) is 8.56. The monoisotopic (exact) mass is 389 g/mol. The van der Waals surface area contributed by atoms with Gasteiger partial charge >= 0.3 is 0 Å². The van der Waals surface area contributed by atoms with Crippen LogP contribution in [-0.4, -0.2) is 38.7 Å². The zero-order chi connectivity index (χ0) is 20.0. The molecule has 2 aromatic heterocycles. The van der Waals surface area contributed by atoms with Gasteiger partial charge in [0.1, 0.15) is 18.2 Å². The number of rotatable bonds is 3. The van der Waals surface area contributed by atoms with Gasteiger partial charge in [-0.2, -0.15) is 0 Å². The molecule has 148 valence electrons. The van der Waals surface area contributed by atoms with Crippen LogP contribution < -0.4 is 15.2 Å². The SMILES string of the molecule is CC1(C)CN(CC2Cc3ccccc3O2)c2nc(-c3ccncn3)cc(=O)n2C1. The Kier molecular flexibility index (Phi) is 4.12. The molecular weight excluding hydrogens is 366 g/mol. The molecule has 0 bridgehead atoms. The van der Waals surface area contributed by atoms with Gasteiger partial charge in [0.05, 0.1) is 17.9 Å². The highest BCUT2D eigenvalue weighted by Gasteiger charge is 2.35. The van der Waals surface area contributed by atoms with Crippen LogP contribution in [0.1, 0.15) is 19.4 Å². The summed E-state index contributed by atoms with van der Waals surface area (Å²) in [6.45, 7) is 6.48. The number of benzene rings is 1. The lowest BCUT2D eigenvalue weighted by atomic mass is 9.90. The molecule has 1 atom stereocenters. The van der Waals surface area contributed by atoms with Gasteiger partial charge in [0.2, 0.25) is 5.95 Å². The van der Waals surface area contributed by atoms with Crippen molar-refractivity contribution < 1.29 is 4.74 Å². The van der Waals surface area contributed by atoms with Crippen molar-refractivity contribution in [3.05, 3.63) is 64.8 Å². The predicted octanol–water partition coefficient (Wildman–Crippen LogP) is 2.55. The Hall–Kier alpha value is -3.22. The number of aromatic nitrogens is 4. The van der Waals surface area contributed by atoms with Crippen LogP contribution in [0.2, 0.25) is 0 Å². The molecule has 3 aromatic rings. The van der Waals surface area contributed by atoms with E-state index in [1.54, 1.807) is 22.9 Å². The van der Waals surface area contributed by atoms with E-state index < -0.39 is 0 Å². The third kappa shape index (κ3) is 3.37. The summed E-state index contributed by atoms with van der Waals surface area (Å²) in [5, 5.41) is 0. The van der Waals surface area contributed by atoms with E-state index in [0.717, 1.165) is 18.7 Å². The van der Waals surface area contributed by atoms with Gasteiger partial charge in [0.15, 0.2) is 0 Å². The average Bonchev–Trinajstić information content (AvgIpc) is 3.11. The van der Waals surface area contributed by atoms with Gasteiger partial charge in [-0.25, -0.2) is 15.0 Å². The summed E-state index contributed by atoms with van der Waals surface area (Å²) in [5.74, 6) is 1.64. The molecule has 7 heteroatoms. The predicted molar refractivity (Wildman–Crippen MR) is 110 cm³/mol. The van der Waals surface area contributed by atoms with Crippen molar-refractivity contribution in [3.63, 3.8) is 0 Å². The van der Waals surface area contributed by atoms with Gasteiger partial charge in [0, 0.05) is 37.2 Å². The van der Waals surface area contributed by atoms with E-state index in [2.05, 4.69) is 34.8 Å². The Morgan fingerprint density at radius 1 is 1.17 bits per heavy atom. The topological polar surface area (TPSA) is 73.1 Å². The lowest BCUT2D eigenvalue weighted by Gasteiger charge is -2.41. The van der Waals surface area contributed by atoms with Crippen molar-refractivity contribution in [1.82, 2.24) is 19.5 Å². The van der Waals surface area contributed by atoms with Crippen LogP contribution in [0.25, 0.3) is 11.4 Å². The fourth-order valence-electron chi connectivity index (χ4n) is 4.27. The van der Waals surface area contributed by atoms with Crippen molar-refractivity contribution in [3.8, 4) is 17.1 Å². The largest absolute Gasteiger partial charge is 0.488 e. The first-order valence-electron chi connectivity index (χ1n) is 9.86. The molecule has 0 saturated carbocycles. The Morgan fingerprint density at radius 2 is 2.03 bits per heavy atom.